The normalized spacial score (nSPS) is 15.6. The van der Waals surface area contributed by atoms with Crippen LogP contribution in [0.5, 0.6) is 0 Å². The molecule has 0 radical (unpaired) electrons. The van der Waals surface area contributed by atoms with E-state index in [1.807, 2.05) is 42.5 Å². The van der Waals surface area contributed by atoms with Crippen molar-refractivity contribution in [1.29, 1.82) is 0 Å². The number of hydrogen-bond acceptors (Lipinski definition) is 6. The fourth-order valence-electron chi connectivity index (χ4n) is 3.23. The molecule has 0 saturated carbocycles. The van der Waals surface area contributed by atoms with E-state index in [2.05, 4.69) is 10.3 Å². The van der Waals surface area contributed by atoms with E-state index in [4.69, 9.17) is 9.40 Å². The van der Waals surface area contributed by atoms with E-state index >= 15 is 0 Å². The maximum Gasteiger partial charge on any atom is 0.359 e. The minimum atomic E-state index is -0.393. The molecule has 0 fully saturated rings. The first kappa shape index (κ1) is 15.9. The number of carbonyl (C=O) groups is 1. The smallest absolute Gasteiger partial charge is 0.359 e. The molecule has 0 saturated heterocycles. The Balaban J connectivity index is 1.62. The average Bonchev–Trinajstić information content (AvgIpc) is 3.46. The number of anilines is 1. The van der Waals surface area contributed by atoms with Gasteiger partial charge in [-0.15, -0.1) is 11.3 Å². The summed E-state index contributed by atoms with van der Waals surface area (Å²) < 4.78 is 7.08. The Labute approximate surface area is 159 Å². The van der Waals surface area contributed by atoms with Crippen molar-refractivity contribution in [2.24, 2.45) is 0 Å². The summed E-state index contributed by atoms with van der Waals surface area (Å²) in [6.45, 7) is 0. The molecule has 1 aliphatic heterocycles. The zero-order chi connectivity index (χ0) is 18.2. The minimum Gasteiger partial charge on any atom is -0.469 e. The fourth-order valence-corrected chi connectivity index (χ4v) is 3.84. The molecule has 1 aliphatic rings. The Bertz CT molecular complexity index is 1090. The molecule has 0 spiro atoms. The SMILES string of the molecule is O=C1C(Cc2ccco2)Nc2c(-c3cncs3)nc(-c3ccccc3)c[n+]21. The highest BCUT2D eigenvalue weighted by molar-refractivity contribution is 7.13. The lowest BCUT2D eigenvalue weighted by molar-refractivity contribution is -0.551. The third-order valence-corrected chi connectivity index (χ3v) is 5.30. The minimum absolute atomic E-state index is 0.0215. The zero-order valence-corrected chi connectivity index (χ0v) is 15.0. The van der Waals surface area contributed by atoms with E-state index < -0.39 is 6.04 Å². The van der Waals surface area contributed by atoms with Crippen LogP contribution in [0.15, 0.2) is 71.0 Å². The van der Waals surface area contributed by atoms with Crippen LogP contribution in [0.1, 0.15) is 10.6 Å². The first-order valence-electron chi connectivity index (χ1n) is 8.54. The average molecular weight is 375 g/mol. The van der Waals surface area contributed by atoms with Crippen LogP contribution in [0.2, 0.25) is 0 Å². The highest BCUT2D eigenvalue weighted by Crippen LogP contribution is 2.31. The van der Waals surface area contributed by atoms with Crippen LogP contribution >= 0.6 is 11.3 Å². The predicted molar refractivity (Wildman–Crippen MR) is 101 cm³/mol. The van der Waals surface area contributed by atoms with Gasteiger partial charge in [0.2, 0.25) is 6.04 Å². The summed E-state index contributed by atoms with van der Waals surface area (Å²) in [5.74, 6) is 1.44. The van der Waals surface area contributed by atoms with Gasteiger partial charge in [-0.3, -0.25) is 10.3 Å². The lowest BCUT2D eigenvalue weighted by Gasteiger charge is -2.05. The lowest BCUT2D eigenvalue weighted by atomic mass is 10.1. The van der Waals surface area contributed by atoms with Gasteiger partial charge >= 0.3 is 11.7 Å². The Hall–Kier alpha value is -3.32. The van der Waals surface area contributed by atoms with Crippen molar-refractivity contribution in [3.8, 4) is 21.8 Å². The highest BCUT2D eigenvalue weighted by atomic mass is 32.1. The van der Waals surface area contributed by atoms with Gasteiger partial charge in [0, 0.05) is 11.8 Å². The number of nitrogens with one attached hydrogen (secondary N) is 1. The summed E-state index contributed by atoms with van der Waals surface area (Å²) in [6, 6.07) is 13.2. The summed E-state index contributed by atoms with van der Waals surface area (Å²) in [5, 5.41) is 3.33. The molecule has 6 nitrogen and oxygen atoms in total. The second kappa shape index (κ2) is 6.44. The van der Waals surface area contributed by atoms with Gasteiger partial charge in [0.15, 0.2) is 5.69 Å². The van der Waals surface area contributed by atoms with Crippen molar-refractivity contribution < 1.29 is 13.8 Å². The number of benzene rings is 1. The Kier molecular flexibility index (Phi) is 3.79. The number of furan rings is 1. The molecule has 132 valence electrons. The molecule has 4 heterocycles. The van der Waals surface area contributed by atoms with Crippen LogP contribution in [0, 0.1) is 0 Å². The Morgan fingerprint density at radius 3 is 2.81 bits per heavy atom. The van der Waals surface area contributed by atoms with Crippen LogP contribution in [0.25, 0.3) is 21.8 Å². The number of nitrogens with zero attached hydrogens (tertiary/aromatic N) is 3. The van der Waals surface area contributed by atoms with Crippen LogP contribution in [0.4, 0.5) is 5.82 Å². The van der Waals surface area contributed by atoms with Gasteiger partial charge in [-0.25, -0.2) is 9.78 Å². The molecule has 7 heteroatoms. The molecular weight excluding hydrogens is 360 g/mol. The number of thiazole rings is 1. The molecule has 1 aromatic carbocycles. The van der Waals surface area contributed by atoms with Crippen LogP contribution in [-0.4, -0.2) is 21.9 Å². The van der Waals surface area contributed by atoms with Crippen molar-refractivity contribution in [3.63, 3.8) is 0 Å². The number of hydrogen-bond donors (Lipinski definition) is 1. The summed E-state index contributed by atoms with van der Waals surface area (Å²) >= 11 is 1.50. The zero-order valence-electron chi connectivity index (χ0n) is 14.2. The van der Waals surface area contributed by atoms with E-state index in [1.165, 1.54) is 11.3 Å². The monoisotopic (exact) mass is 375 g/mol. The maximum absolute atomic E-state index is 13.0. The highest BCUT2D eigenvalue weighted by Gasteiger charge is 2.42. The summed E-state index contributed by atoms with van der Waals surface area (Å²) in [6.07, 6.45) is 5.67. The molecule has 0 bridgehead atoms. The van der Waals surface area contributed by atoms with Gasteiger partial charge in [-0.1, -0.05) is 30.3 Å². The van der Waals surface area contributed by atoms with Gasteiger partial charge in [-0.2, -0.15) is 4.57 Å². The molecule has 1 atom stereocenters. The first-order valence-corrected chi connectivity index (χ1v) is 9.41. The van der Waals surface area contributed by atoms with E-state index in [1.54, 1.807) is 28.7 Å². The second-order valence-electron chi connectivity index (χ2n) is 6.24. The van der Waals surface area contributed by atoms with Crippen molar-refractivity contribution in [2.45, 2.75) is 12.5 Å². The third-order valence-electron chi connectivity index (χ3n) is 4.52. The van der Waals surface area contributed by atoms with Gasteiger partial charge in [0.05, 0.1) is 23.1 Å². The molecule has 0 aliphatic carbocycles. The van der Waals surface area contributed by atoms with Crippen molar-refractivity contribution in [1.82, 2.24) is 9.97 Å². The second-order valence-corrected chi connectivity index (χ2v) is 7.13. The standard InChI is InChI=1S/C20H14N4O2S/c25-20-15(9-14-7-4-8-26-14)23-19-18(17-10-21-12-27-17)22-16(11-24(19)20)13-5-2-1-3-6-13/h1-8,10-12,15H,9H2/p+1. The van der Waals surface area contributed by atoms with Crippen LogP contribution in [0.3, 0.4) is 0 Å². The topological polar surface area (TPSA) is 71.9 Å². The van der Waals surface area contributed by atoms with Crippen molar-refractivity contribution in [3.05, 3.63) is 72.4 Å². The molecule has 1 unspecified atom stereocenters. The maximum atomic E-state index is 13.0. The van der Waals surface area contributed by atoms with Gasteiger partial charge < -0.3 is 4.42 Å². The molecule has 4 aromatic rings. The van der Waals surface area contributed by atoms with Gasteiger partial charge in [-0.05, 0) is 12.1 Å². The van der Waals surface area contributed by atoms with Crippen LogP contribution < -0.4 is 9.88 Å². The van der Waals surface area contributed by atoms with E-state index in [-0.39, 0.29) is 5.91 Å². The quantitative estimate of drug-likeness (QED) is 0.553. The number of fused-ring (bicyclic) bond motifs is 1. The van der Waals surface area contributed by atoms with E-state index in [0.29, 0.717) is 12.2 Å². The number of carbonyl (C=O) groups excluding carboxylic acids is 1. The Morgan fingerprint density at radius 2 is 2.07 bits per heavy atom. The Morgan fingerprint density at radius 1 is 1.19 bits per heavy atom. The predicted octanol–water partition coefficient (Wildman–Crippen LogP) is 3.43. The van der Waals surface area contributed by atoms with Crippen molar-refractivity contribution in [2.75, 3.05) is 5.32 Å². The summed E-state index contributed by atoms with van der Waals surface area (Å²) in [7, 11) is 0. The lowest BCUT2D eigenvalue weighted by Crippen LogP contribution is -2.43. The van der Waals surface area contributed by atoms with Crippen molar-refractivity contribution >= 4 is 23.1 Å². The van der Waals surface area contributed by atoms with Gasteiger partial charge in [0.25, 0.3) is 0 Å². The number of aromatic nitrogens is 3. The molecule has 3 aromatic heterocycles. The van der Waals surface area contributed by atoms with E-state index in [9.17, 15) is 4.79 Å². The molecule has 1 N–H and O–H groups in total. The van der Waals surface area contributed by atoms with E-state index in [0.717, 1.165) is 27.6 Å². The molecule has 5 rings (SSSR count). The summed E-state index contributed by atoms with van der Waals surface area (Å²) in [4.78, 5) is 23.0. The molecule has 0 amide bonds. The third kappa shape index (κ3) is 2.82. The van der Waals surface area contributed by atoms with Crippen LogP contribution in [-0.2, 0) is 6.42 Å². The largest absolute Gasteiger partial charge is 0.469 e. The first-order chi connectivity index (χ1) is 13.3. The molecule has 27 heavy (non-hydrogen) atoms. The fraction of sp³-hybridized carbons (Fsp3) is 0.100. The number of rotatable bonds is 4. The summed E-state index contributed by atoms with van der Waals surface area (Å²) in [5.41, 5.74) is 4.20. The van der Waals surface area contributed by atoms with Gasteiger partial charge in [0.1, 0.15) is 17.7 Å². The molecular formula is C20H15N4O2S+.